The van der Waals surface area contributed by atoms with Crippen LogP contribution in [0.1, 0.15) is 67.3 Å². The lowest BCUT2D eigenvalue weighted by molar-refractivity contribution is -0.145. The van der Waals surface area contributed by atoms with Crippen molar-refractivity contribution in [2.24, 2.45) is 17.3 Å². The van der Waals surface area contributed by atoms with Gasteiger partial charge in [-0.3, -0.25) is 4.79 Å². The van der Waals surface area contributed by atoms with Crippen molar-refractivity contribution in [2.45, 2.75) is 66.4 Å². The summed E-state index contributed by atoms with van der Waals surface area (Å²) in [6, 6.07) is 17.0. The molecule has 0 aliphatic heterocycles. The molecule has 1 aromatic heterocycles. The van der Waals surface area contributed by atoms with Crippen LogP contribution in [0, 0.1) is 42.4 Å². The second kappa shape index (κ2) is 11.3. The quantitative estimate of drug-likeness (QED) is 0.191. The number of nitriles is 1. The number of pyridine rings is 1. The van der Waals surface area contributed by atoms with Gasteiger partial charge in [-0.2, -0.15) is 5.26 Å². The van der Waals surface area contributed by atoms with Crippen LogP contribution in [0.25, 0.3) is 11.1 Å². The highest BCUT2D eigenvalue weighted by molar-refractivity contribution is 5.79. The first-order valence-corrected chi connectivity index (χ1v) is 14.2. The van der Waals surface area contributed by atoms with E-state index in [1.54, 1.807) is 0 Å². The molecule has 0 spiro atoms. The Kier molecular flexibility index (Phi) is 7.85. The van der Waals surface area contributed by atoms with Crippen molar-refractivity contribution >= 4 is 5.97 Å². The highest BCUT2D eigenvalue weighted by atomic mass is 16.5. The predicted octanol–water partition coefficient (Wildman–Crippen LogP) is 7.10. The zero-order valence-electron chi connectivity index (χ0n) is 24.1. The normalized spacial score (nSPS) is 18.9. The lowest BCUT2D eigenvalue weighted by Gasteiger charge is -2.17. The van der Waals surface area contributed by atoms with Crippen molar-refractivity contribution in [3.63, 3.8) is 0 Å². The van der Waals surface area contributed by atoms with Crippen molar-refractivity contribution in [1.29, 1.82) is 5.26 Å². The molecule has 208 valence electrons. The Morgan fingerprint density at radius 2 is 1.90 bits per heavy atom. The third-order valence-corrected chi connectivity index (χ3v) is 8.17. The number of fused-ring (bicyclic) bond motifs is 3. The van der Waals surface area contributed by atoms with Crippen LogP contribution in [0.3, 0.4) is 0 Å². The van der Waals surface area contributed by atoms with E-state index in [2.05, 4.69) is 61.3 Å². The van der Waals surface area contributed by atoms with E-state index in [9.17, 15) is 10.1 Å². The number of aryl methyl sites for hydroxylation is 2. The van der Waals surface area contributed by atoms with Gasteiger partial charge in [-0.15, -0.1) is 0 Å². The van der Waals surface area contributed by atoms with Gasteiger partial charge in [-0.05, 0) is 117 Å². The number of benzene rings is 2. The molecule has 0 saturated heterocycles. The maximum atomic E-state index is 12.2. The van der Waals surface area contributed by atoms with Crippen molar-refractivity contribution in [3.05, 3.63) is 76.5 Å². The Labute approximate surface area is 237 Å². The van der Waals surface area contributed by atoms with E-state index in [0.29, 0.717) is 31.6 Å². The zero-order valence-corrected chi connectivity index (χ0v) is 24.1. The average Bonchev–Trinajstić information content (AvgIpc) is 3.51. The van der Waals surface area contributed by atoms with Gasteiger partial charge < -0.3 is 14.2 Å². The molecule has 40 heavy (non-hydrogen) atoms. The van der Waals surface area contributed by atoms with Crippen molar-refractivity contribution < 1.29 is 19.0 Å². The van der Waals surface area contributed by atoms with Crippen molar-refractivity contribution in [3.8, 4) is 28.8 Å². The van der Waals surface area contributed by atoms with Gasteiger partial charge in [0.05, 0.1) is 30.6 Å². The number of rotatable bonds is 11. The Hall–Kier alpha value is -3.85. The van der Waals surface area contributed by atoms with Crippen LogP contribution in [-0.4, -0.2) is 24.2 Å². The summed E-state index contributed by atoms with van der Waals surface area (Å²) in [4.78, 5) is 16.7. The van der Waals surface area contributed by atoms with Gasteiger partial charge in [0.2, 0.25) is 5.88 Å². The smallest absolute Gasteiger partial charge is 0.309 e. The topological polar surface area (TPSA) is 81.4 Å². The Bertz CT molecular complexity index is 1430. The van der Waals surface area contributed by atoms with Gasteiger partial charge in [0.15, 0.2) is 0 Å². The number of esters is 1. The van der Waals surface area contributed by atoms with Crippen LogP contribution < -0.4 is 9.47 Å². The van der Waals surface area contributed by atoms with E-state index in [1.165, 1.54) is 16.7 Å². The van der Waals surface area contributed by atoms with Gasteiger partial charge in [0.1, 0.15) is 12.4 Å². The zero-order chi connectivity index (χ0) is 28.4. The molecule has 3 aromatic rings. The van der Waals surface area contributed by atoms with Crippen LogP contribution in [-0.2, 0) is 22.6 Å². The Morgan fingerprint density at radius 3 is 2.62 bits per heavy atom. The molecule has 6 nitrogen and oxygen atoms in total. The molecule has 2 aliphatic carbocycles. The predicted molar refractivity (Wildman–Crippen MR) is 154 cm³/mol. The standard InChI is InChI=1S/C34H38N2O4/c1-6-38-33(37)32-27-16-25-17-29(36-18-28(25)31(27)32)40-19-23-9-7-10-24(15-23)30-21(2)13-26(14-22(30)3)39-12-8-11-34(4,5)20-35/h7,9-10,13-15,17-18,27,31-32H,6,8,11-12,16,19H2,1-5H3/t27-,31+,32-/m1/s1. The van der Waals surface area contributed by atoms with E-state index >= 15 is 0 Å². The molecular formula is C34H38N2O4. The van der Waals surface area contributed by atoms with E-state index in [-0.39, 0.29) is 23.2 Å². The summed E-state index contributed by atoms with van der Waals surface area (Å²) in [6.45, 7) is 11.5. The lowest BCUT2D eigenvalue weighted by atomic mass is 9.90. The largest absolute Gasteiger partial charge is 0.494 e. The van der Waals surface area contributed by atoms with Crippen molar-refractivity contribution in [1.82, 2.24) is 4.98 Å². The number of nitrogens with zero attached hydrogens (tertiary/aromatic N) is 2. The van der Waals surface area contributed by atoms with Crippen LogP contribution in [0.5, 0.6) is 11.6 Å². The number of carbonyl (C=O) groups excluding carboxylic acids is 1. The monoisotopic (exact) mass is 538 g/mol. The second-order valence-corrected chi connectivity index (χ2v) is 11.8. The molecular weight excluding hydrogens is 500 g/mol. The maximum Gasteiger partial charge on any atom is 0.309 e. The minimum absolute atomic E-state index is 0.00173. The first-order valence-electron chi connectivity index (χ1n) is 14.2. The number of ether oxygens (including phenoxy) is 3. The van der Waals surface area contributed by atoms with Crippen LogP contribution in [0.4, 0.5) is 0 Å². The summed E-state index contributed by atoms with van der Waals surface area (Å²) in [5.41, 5.74) is 7.81. The second-order valence-electron chi connectivity index (χ2n) is 11.8. The minimum atomic E-state index is -0.320. The Balaban J connectivity index is 1.20. The summed E-state index contributed by atoms with van der Waals surface area (Å²) in [6.07, 6.45) is 4.42. The van der Waals surface area contributed by atoms with E-state index in [4.69, 9.17) is 14.2 Å². The van der Waals surface area contributed by atoms with Crippen molar-refractivity contribution in [2.75, 3.05) is 13.2 Å². The first kappa shape index (κ1) is 27.7. The summed E-state index contributed by atoms with van der Waals surface area (Å²) in [5.74, 6) is 2.00. The SMILES string of the molecule is CCOC(=O)[C@@H]1[C@@H]2Cc3cc(OCc4cccc(-c5c(C)cc(OCCCC(C)(C)C#N)cc5C)c4)ncc3[C@H]21. The van der Waals surface area contributed by atoms with E-state index < -0.39 is 0 Å². The molecule has 2 aromatic carbocycles. The van der Waals surface area contributed by atoms with Gasteiger partial charge >= 0.3 is 5.97 Å². The molecule has 0 amide bonds. The summed E-state index contributed by atoms with van der Waals surface area (Å²) in [5, 5.41) is 9.20. The number of aromatic nitrogens is 1. The van der Waals surface area contributed by atoms with Crippen LogP contribution in [0.2, 0.25) is 0 Å². The summed E-state index contributed by atoms with van der Waals surface area (Å²) in [7, 11) is 0. The molecule has 1 heterocycles. The molecule has 0 N–H and O–H groups in total. The average molecular weight is 539 g/mol. The molecule has 0 bridgehead atoms. The number of hydrogen-bond donors (Lipinski definition) is 0. The molecule has 3 atom stereocenters. The third kappa shape index (κ3) is 5.84. The molecule has 1 saturated carbocycles. The molecule has 5 rings (SSSR count). The fourth-order valence-corrected chi connectivity index (χ4v) is 6.10. The van der Waals surface area contributed by atoms with Crippen LogP contribution in [0.15, 0.2) is 48.7 Å². The highest BCUT2D eigenvalue weighted by Crippen LogP contribution is 2.61. The van der Waals surface area contributed by atoms with Gasteiger partial charge in [-0.25, -0.2) is 4.98 Å². The molecule has 0 unspecified atom stereocenters. The summed E-state index contributed by atoms with van der Waals surface area (Å²) >= 11 is 0. The lowest BCUT2D eigenvalue weighted by Crippen LogP contribution is -2.11. The molecule has 0 radical (unpaired) electrons. The Morgan fingerprint density at radius 1 is 1.12 bits per heavy atom. The fourth-order valence-electron chi connectivity index (χ4n) is 6.10. The first-order chi connectivity index (χ1) is 19.2. The fraction of sp³-hybridized carbons (Fsp3) is 0.441. The third-order valence-electron chi connectivity index (χ3n) is 8.17. The summed E-state index contributed by atoms with van der Waals surface area (Å²) < 4.78 is 17.3. The maximum absolute atomic E-state index is 12.2. The molecule has 1 fully saturated rings. The number of carbonyl (C=O) groups is 1. The van der Waals surface area contributed by atoms with E-state index in [1.807, 2.05) is 33.0 Å². The molecule has 6 heteroatoms. The van der Waals surface area contributed by atoms with Gasteiger partial charge in [0.25, 0.3) is 0 Å². The highest BCUT2D eigenvalue weighted by Gasteiger charge is 2.60. The van der Waals surface area contributed by atoms with Gasteiger partial charge in [-0.1, -0.05) is 18.2 Å². The van der Waals surface area contributed by atoms with Crippen LogP contribution >= 0.6 is 0 Å². The van der Waals surface area contributed by atoms with Gasteiger partial charge in [0, 0.05) is 18.2 Å². The van der Waals surface area contributed by atoms with E-state index in [0.717, 1.165) is 47.3 Å². The number of hydrogen-bond acceptors (Lipinski definition) is 6. The molecule has 2 aliphatic rings. The minimum Gasteiger partial charge on any atom is -0.494 e.